The molecule has 25 heavy (non-hydrogen) atoms. The number of fused-ring (bicyclic) bond motifs is 1. The Kier molecular flexibility index (Phi) is 4.93. The van der Waals surface area contributed by atoms with E-state index < -0.39 is 0 Å². The topological polar surface area (TPSA) is 54.0 Å². The molecule has 0 spiro atoms. The summed E-state index contributed by atoms with van der Waals surface area (Å²) >= 11 is 0. The van der Waals surface area contributed by atoms with Crippen LogP contribution in [0.2, 0.25) is 0 Å². The molecule has 1 aliphatic heterocycles. The molecule has 0 aliphatic carbocycles. The summed E-state index contributed by atoms with van der Waals surface area (Å²) in [6.45, 7) is 2.92. The van der Waals surface area contributed by atoms with E-state index in [9.17, 15) is 4.79 Å². The van der Waals surface area contributed by atoms with Crippen LogP contribution in [0.4, 0.5) is 0 Å². The number of rotatable bonds is 5. The average Bonchev–Trinajstić information content (AvgIpc) is 2.65. The molecule has 5 nitrogen and oxygen atoms in total. The zero-order valence-electron chi connectivity index (χ0n) is 14.5. The van der Waals surface area contributed by atoms with Gasteiger partial charge >= 0.3 is 0 Å². The van der Waals surface area contributed by atoms with Crippen LogP contribution in [0.15, 0.2) is 36.4 Å². The number of carbonyl (C=O) groups excluding carboxylic acids is 1. The van der Waals surface area contributed by atoms with Gasteiger partial charge in [0, 0.05) is 0 Å². The molecule has 5 heteroatoms. The minimum Gasteiger partial charge on any atom is -0.496 e. The average molecular weight is 340 g/mol. The van der Waals surface area contributed by atoms with E-state index in [1.165, 1.54) is 6.08 Å². The first kappa shape index (κ1) is 16.9. The molecule has 0 amide bonds. The highest BCUT2D eigenvalue weighted by Gasteiger charge is 2.18. The number of aryl methyl sites for hydroxylation is 1. The van der Waals surface area contributed by atoms with Gasteiger partial charge in [0.05, 0.1) is 19.8 Å². The number of allylic oxidation sites excluding steroid dienone is 1. The molecular weight excluding hydrogens is 320 g/mol. The number of carbonyl (C=O) groups is 1. The van der Waals surface area contributed by atoms with Crippen molar-refractivity contribution in [2.24, 2.45) is 0 Å². The summed E-state index contributed by atoms with van der Waals surface area (Å²) in [6, 6.07) is 9.16. The maximum absolute atomic E-state index is 12.5. The number of methoxy groups -OCH3 is 2. The Morgan fingerprint density at radius 1 is 1.04 bits per heavy atom. The summed E-state index contributed by atoms with van der Waals surface area (Å²) in [7, 11) is 3.13. The minimum atomic E-state index is -0.130. The largest absolute Gasteiger partial charge is 0.496 e. The Morgan fingerprint density at radius 3 is 2.56 bits per heavy atom. The quantitative estimate of drug-likeness (QED) is 0.614. The first-order valence-corrected chi connectivity index (χ1v) is 7.97. The Labute approximate surface area is 146 Å². The van der Waals surface area contributed by atoms with E-state index in [-0.39, 0.29) is 5.78 Å². The molecule has 2 aromatic rings. The fraction of sp³-hybridized carbons (Fsp3) is 0.250. The van der Waals surface area contributed by atoms with Crippen molar-refractivity contribution in [3.63, 3.8) is 0 Å². The monoisotopic (exact) mass is 340 g/mol. The second-order valence-corrected chi connectivity index (χ2v) is 5.65. The molecule has 0 atom stereocenters. The summed E-state index contributed by atoms with van der Waals surface area (Å²) in [6.07, 6.45) is 3.24. The summed E-state index contributed by atoms with van der Waals surface area (Å²) in [4.78, 5) is 12.5. The first-order chi connectivity index (χ1) is 12.1. The van der Waals surface area contributed by atoms with Crippen molar-refractivity contribution in [1.29, 1.82) is 0 Å². The molecule has 0 radical (unpaired) electrons. The van der Waals surface area contributed by atoms with E-state index in [0.717, 1.165) is 11.1 Å². The van der Waals surface area contributed by atoms with Crippen LogP contribution < -0.4 is 18.9 Å². The fourth-order valence-electron chi connectivity index (χ4n) is 2.67. The van der Waals surface area contributed by atoms with Gasteiger partial charge in [-0.1, -0.05) is 17.7 Å². The van der Waals surface area contributed by atoms with Gasteiger partial charge in [0.1, 0.15) is 19.0 Å². The smallest absolute Gasteiger partial charge is 0.203 e. The lowest BCUT2D eigenvalue weighted by Crippen LogP contribution is -2.16. The molecule has 0 unspecified atom stereocenters. The highest BCUT2D eigenvalue weighted by atomic mass is 16.6. The van der Waals surface area contributed by atoms with E-state index in [1.807, 2.05) is 31.2 Å². The van der Waals surface area contributed by atoms with E-state index in [2.05, 4.69) is 0 Å². The van der Waals surface area contributed by atoms with E-state index in [0.29, 0.717) is 41.8 Å². The highest BCUT2D eigenvalue weighted by Crippen LogP contribution is 2.40. The van der Waals surface area contributed by atoms with Gasteiger partial charge in [-0.2, -0.15) is 0 Å². The number of benzene rings is 2. The molecule has 1 heterocycles. The predicted octanol–water partition coefficient (Wildman–Crippen LogP) is 3.68. The van der Waals surface area contributed by atoms with Gasteiger partial charge < -0.3 is 18.9 Å². The zero-order valence-corrected chi connectivity index (χ0v) is 14.5. The molecule has 0 saturated heterocycles. The molecule has 0 bridgehead atoms. The number of ether oxygens (including phenoxy) is 4. The van der Waals surface area contributed by atoms with Crippen molar-refractivity contribution < 1.29 is 23.7 Å². The zero-order chi connectivity index (χ0) is 17.8. The summed E-state index contributed by atoms with van der Waals surface area (Å²) < 4.78 is 21.8. The first-order valence-electron chi connectivity index (χ1n) is 7.97. The third-order valence-corrected chi connectivity index (χ3v) is 3.90. The lowest BCUT2D eigenvalue weighted by atomic mass is 10.0. The standard InChI is InChI=1S/C20H20O5/c1-13-4-7-17(22-2)15(10-13)16(21)6-5-14-11-18(23-3)20-19(12-14)24-8-9-25-20/h4-7,10-12H,8-9H2,1-3H3/b6-5+. The predicted molar refractivity (Wildman–Crippen MR) is 95.1 cm³/mol. The summed E-state index contributed by atoms with van der Waals surface area (Å²) in [5.41, 5.74) is 2.32. The second kappa shape index (κ2) is 7.30. The van der Waals surface area contributed by atoms with Gasteiger partial charge in [-0.05, 0) is 42.8 Å². The van der Waals surface area contributed by atoms with Crippen LogP contribution in [-0.2, 0) is 0 Å². The van der Waals surface area contributed by atoms with Crippen LogP contribution in [0.1, 0.15) is 21.5 Å². The van der Waals surface area contributed by atoms with Gasteiger partial charge in [-0.25, -0.2) is 0 Å². The highest BCUT2D eigenvalue weighted by molar-refractivity contribution is 6.08. The van der Waals surface area contributed by atoms with Crippen molar-refractivity contribution in [3.8, 4) is 23.0 Å². The van der Waals surface area contributed by atoms with Crippen molar-refractivity contribution >= 4 is 11.9 Å². The molecule has 2 aromatic carbocycles. The van der Waals surface area contributed by atoms with Crippen molar-refractivity contribution in [2.45, 2.75) is 6.92 Å². The van der Waals surface area contributed by atoms with Crippen LogP contribution in [0.25, 0.3) is 6.08 Å². The molecule has 130 valence electrons. The normalized spacial score (nSPS) is 12.9. The van der Waals surface area contributed by atoms with E-state index >= 15 is 0 Å². The van der Waals surface area contributed by atoms with Gasteiger partial charge in [0.2, 0.25) is 5.75 Å². The minimum absolute atomic E-state index is 0.130. The molecule has 0 aromatic heterocycles. The van der Waals surface area contributed by atoms with Crippen LogP contribution in [0, 0.1) is 6.92 Å². The lowest BCUT2D eigenvalue weighted by molar-refractivity contribution is 0.104. The summed E-state index contributed by atoms with van der Waals surface area (Å²) in [5, 5.41) is 0. The summed E-state index contributed by atoms with van der Waals surface area (Å²) in [5.74, 6) is 2.22. The molecule has 0 N–H and O–H groups in total. The Balaban J connectivity index is 1.89. The van der Waals surface area contributed by atoms with Crippen LogP contribution in [0.5, 0.6) is 23.0 Å². The molecule has 3 rings (SSSR count). The number of ketones is 1. The third-order valence-electron chi connectivity index (χ3n) is 3.90. The van der Waals surface area contributed by atoms with Crippen molar-refractivity contribution in [1.82, 2.24) is 0 Å². The SMILES string of the molecule is COc1ccc(C)cc1C(=O)/C=C/c1cc(OC)c2c(c1)OCCO2. The van der Waals surface area contributed by atoms with Crippen molar-refractivity contribution in [2.75, 3.05) is 27.4 Å². The number of hydrogen-bond donors (Lipinski definition) is 0. The fourth-order valence-corrected chi connectivity index (χ4v) is 2.67. The van der Waals surface area contributed by atoms with Gasteiger partial charge in [0.15, 0.2) is 17.3 Å². The Hall–Kier alpha value is -2.95. The molecule has 0 fully saturated rings. The number of hydrogen-bond acceptors (Lipinski definition) is 5. The lowest BCUT2D eigenvalue weighted by Gasteiger charge is -2.20. The van der Waals surface area contributed by atoms with Gasteiger partial charge in [0.25, 0.3) is 0 Å². The maximum Gasteiger partial charge on any atom is 0.203 e. The van der Waals surface area contributed by atoms with E-state index in [1.54, 1.807) is 26.4 Å². The van der Waals surface area contributed by atoms with Crippen molar-refractivity contribution in [3.05, 3.63) is 53.1 Å². The third kappa shape index (κ3) is 3.60. The molecular formula is C20H20O5. The maximum atomic E-state index is 12.5. The molecule has 1 aliphatic rings. The second-order valence-electron chi connectivity index (χ2n) is 5.65. The van der Waals surface area contributed by atoms with Crippen LogP contribution in [-0.4, -0.2) is 33.2 Å². The Bertz CT molecular complexity index is 806. The Morgan fingerprint density at radius 2 is 1.80 bits per heavy atom. The van der Waals surface area contributed by atoms with Gasteiger partial charge in [-0.15, -0.1) is 0 Å². The van der Waals surface area contributed by atoms with Crippen LogP contribution >= 0.6 is 0 Å². The van der Waals surface area contributed by atoms with Crippen LogP contribution in [0.3, 0.4) is 0 Å². The van der Waals surface area contributed by atoms with Gasteiger partial charge in [-0.3, -0.25) is 4.79 Å². The molecule has 0 saturated carbocycles. The van der Waals surface area contributed by atoms with E-state index in [4.69, 9.17) is 18.9 Å².